The highest BCUT2D eigenvalue weighted by molar-refractivity contribution is 5.87. The van der Waals surface area contributed by atoms with Crippen molar-refractivity contribution in [3.8, 4) is 0 Å². The molecule has 0 radical (unpaired) electrons. The summed E-state index contributed by atoms with van der Waals surface area (Å²) in [4.78, 5) is 13.1. The van der Waals surface area contributed by atoms with E-state index in [1.165, 1.54) is 0 Å². The summed E-state index contributed by atoms with van der Waals surface area (Å²) in [5.41, 5.74) is 1.49. The van der Waals surface area contributed by atoms with Gasteiger partial charge in [-0.2, -0.15) is 0 Å². The Hall–Kier alpha value is -1.39. The van der Waals surface area contributed by atoms with E-state index in [2.05, 4.69) is 11.8 Å². The minimum Gasteiger partial charge on any atom is -0.478 e. The Balaban J connectivity index is 1.97. The van der Waals surface area contributed by atoms with Gasteiger partial charge in [0.2, 0.25) is 0 Å². The van der Waals surface area contributed by atoms with Gasteiger partial charge in [0.15, 0.2) is 0 Å². The molecule has 98 valence electrons. The zero-order valence-corrected chi connectivity index (χ0v) is 10.6. The topological polar surface area (TPSA) is 49.8 Å². The number of carboxylic acids is 1. The van der Waals surface area contributed by atoms with Gasteiger partial charge in [-0.3, -0.25) is 4.90 Å². The third kappa shape index (κ3) is 3.55. The second kappa shape index (κ2) is 5.98. The van der Waals surface area contributed by atoms with E-state index < -0.39 is 5.97 Å². The Morgan fingerprint density at radius 2 is 2.17 bits per heavy atom. The van der Waals surface area contributed by atoms with Crippen molar-refractivity contribution in [1.29, 1.82) is 0 Å². The summed E-state index contributed by atoms with van der Waals surface area (Å²) in [5, 5.41) is 8.84. The maximum Gasteiger partial charge on any atom is 0.335 e. The van der Waals surface area contributed by atoms with Crippen LogP contribution < -0.4 is 0 Å². The molecule has 0 bridgehead atoms. The molecule has 1 unspecified atom stereocenters. The molecule has 1 aromatic carbocycles. The van der Waals surface area contributed by atoms with Gasteiger partial charge in [-0.25, -0.2) is 4.79 Å². The first-order valence-electron chi connectivity index (χ1n) is 6.31. The molecule has 1 atom stereocenters. The van der Waals surface area contributed by atoms with E-state index in [1.54, 1.807) is 12.1 Å². The van der Waals surface area contributed by atoms with Crippen molar-refractivity contribution < 1.29 is 14.6 Å². The van der Waals surface area contributed by atoms with Gasteiger partial charge in [0.1, 0.15) is 0 Å². The lowest BCUT2D eigenvalue weighted by Crippen LogP contribution is -2.29. The van der Waals surface area contributed by atoms with Gasteiger partial charge in [-0.05, 0) is 31.0 Å². The molecule has 1 heterocycles. The van der Waals surface area contributed by atoms with Crippen molar-refractivity contribution in [2.75, 3.05) is 19.7 Å². The van der Waals surface area contributed by atoms with Gasteiger partial charge < -0.3 is 9.84 Å². The number of ether oxygens (including phenoxy) is 1. The third-order valence-electron chi connectivity index (χ3n) is 3.14. The van der Waals surface area contributed by atoms with E-state index in [1.807, 2.05) is 12.1 Å². The molecule has 1 N–H and O–H groups in total. The fourth-order valence-corrected chi connectivity index (χ4v) is 2.23. The molecule has 1 aromatic rings. The van der Waals surface area contributed by atoms with Crippen LogP contribution in [0.15, 0.2) is 24.3 Å². The van der Waals surface area contributed by atoms with Crippen LogP contribution in [0.2, 0.25) is 0 Å². The van der Waals surface area contributed by atoms with Gasteiger partial charge in [-0.15, -0.1) is 0 Å². The molecule has 1 saturated heterocycles. The molecule has 0 amide bonds. The van der Waals surface area contributed by atoms with Crippen LogP contribution in [0, 0.1) is 0 Å². The van der Waals surface area contributed by atoms with Gasteiger partial charge in [0.05, 0.1) is 11.7 Å². The lowest BCUT2D eigenvalue weighted by molar-refractivity contribution is 0.0668. The largest absolute Gasteiger partial charge is 0.478 e. The second-order valence-corrected chi connectivity index (χ2v) is 4.77. The third-order valence-corrected chi connectivity index (χ3v) is 3.14. The number of carbonyl (C=O) groups is 1. The fraction of sp³-hybridized carbons (Fsp3) is 0.500. The Labute approximate surface area is 107 Å². The molecule has 0 aromatic heterocycles. The quantitative estimate of drug-likeness (QED) is 0.890. The first kappa shape index (κ1) is 13.1. The van der Waals surface area contributed by atoms with Crippen molar-refractivity contribution in [1.82, 2.24) is 4.90 Å². The van der Waals surface area contributed by atoms with Crippen molar-refractivity contribution in [2.45, 2.75) is 26.0 Å². The van der Waals surface area contributed by atoms with Gasteiger partial charge in [-0.1, -0.05) is 12.1 Å². The lowest BCUT2D eigenvalue weighted by atomic mass is 10.1. The Morgan fingerprint density at radius 3 is 2.83 bits per heavy atom. The van der Waals surface area contributed by atoms with Crippen LogP contribution in [-0.2, 0) is 11.3 Å². The smallest absolute Gasteiger partial charge is 0.335 e. The molecule has 0 aliphatic carbocycles. The average Bonchev–Trinajstić information content (AvgIpc) is 2.54. The van der Waals surface area contributed by atoms with Gasteiger partial charge >= 0.3 is 5.97 Å². The van der Waals surface area contributed by atoms with E-state index in [0.29, 0.717) is 5.56 Å². The molecule has 2 rings (SSSR count). The van der Waals surface area contributed by atoms with Crippen LogP contribution in [0.1, 0.15) is 29.3 Å². The first-order valence-corrected chi connectivity index (χ1v) is 6.31. The van der Waals surface area contributed by atoms with E-state index in [4.69, 9.17) is 9.84 Å². The van der Waals surface area contributed by atoms with Crippen LogP contribution in [0.25, 0.3) is 0 Å². The first-order chi connectivity index (χ1) is 8.65. The SMILES string of the molecule is CC1CN(Cc2ccc(C(=O)O)cc2)CCCO1. The van der Waals surface area contributed by atoms with E-state index in [9.17, 15) is 4.79 Å². The molecule has 0 saturated carbocycles. The van der Waals surface area contributed by atoms with E-state index in [0.717, 1.165) is 38.2 Å². The number of aromatic carboxylic acids is 1. The van der Waals surface area contributed by atoms with Crippen LogP contribution >= 0.6 is 0 Å². The molecule has 4 heteroatoms. The van der Waals surface area contributed by atoms with Crippen molar-refractivity contribution in [2.24, 2.45) is 0 Å². The molecule has 0 spiro atoms. The van der Waals surface area contributed by atoms with Crippen LogP contribution in [-0.4, -0.2) is 41.8 Å². The number of hydrogen-bond acceptors (Lipinski definition) is 3. The highest BCUT2D eigenvalue weighted by atomic mass is 16.5. The standard InChI is InChI=1S/C14H19NO3/c1-11-9-15(7-2-8-18-11)10-12-3-5-13(6-4-12)14(16)17/h3-6,11H,2,7-10H2,1H3,(H,16,17). The molecule has 4 nitrogen and oxygen atoms in total. The Kier molecular flexibility index (Phi) is 4.33. The summed E-state index contributed by atoms with van der Waals surface area (Å²) in [5.74, 6) is -0.877. The highest BCUT2D eigenvalue weighted by Gasteiger charge is 2.15. The molecular weight excluding hydrogens is 230 g/mol. The number of rotatable bonds is 3. The predicted octanol–water partition coefficient (Wildman–Crippen LogP) is 2.00. The number of carboxylic acid groups (broad SMARTS) is 1. The zero-order valence-electron chi connectivity index (χ0n) is 10.6. The normalized spacial score (nSPS) is 21.5. The van der Waals surface area contributed by atoms with E-state index >= 15 is 0 Å². The molecular formula is C14H19NO3. The minimum absolute atomic E-state index is 0.269. The summed E-state index contributed by atoms with van der Waals surface area (Å²) in [6, 6.07) is 7.10. The van der Waals surface area contributed by atoms with Crippen molar-refractivity contribution in [3.05, 3.63) is 35.4 Å². The second-order valence-electron chi connectivity index (χ2n) is 4.77. The molecule has 1 aliphatic rings. The minimum atomic E-state index is -0.877. The summed E-state index contributed by atoms with van der Waals surface area (Å²) in [6.07, 6.45) is 1.32. The average molecular weight is 249 g/mol. The zero-order chi connectivity index (χ0) is 13.0. The number of hydrogen-bond donors (Lipinski definition) is 1. The summed E-state index contributed by atoms with van der Waals surface area (Å²) in [7, 11) is 0. The Bertz CT molecular complexity index is 402. The number of benzene rings is 1. The highest BCUT2D eigenvalue weighted by Crippen LogP contribution is 2.11. The van der Waals surface area contributed by atoms with Crippen LogP contribution in [0.5, 0.6) is 0 Å². The monoisotopic (exact) mass is 249 g/mol. The van der Waals surface area contributed by atoms with Gasteiger partial charge in [0.25, 0.3) is 0 Å². The summed E-state index contributed by atoms with van der Waals surface area (Å²) < 4.78 is 5.60. The number of nitrogens with zero attached hydrogens (tertiary/aromatic N) is 1. The lowest BCUT2D eigenvalue weighted by Gasteiger charge is -2.21. The van der Waals surface area contributed by atoms with Crippen molar-refractivity contribution in [3.63, 3.8) is 0 Å². The summed E-state index contributed by atoms with van der Waals surface area (Å²) >= 11 is 0. The van der Waals surface area contributed by atoms with Crippen LogP contribution in [0.4, 0.5) is 0 Å². The molecule has 1 aliphatic heterocycles. The Morgan fingerprint density at radius 1 is 1.44 bits per heavy atom. The maximum atomic E-state index is 10.8. The maximum absolute atomic E-state index is 10.8. The van der Waals surface area contributed by atoms with E-state index in [-0.39, 0.29) is 6.10 Å². The fourth-order valence-electron chi connectivity index (χ4n) is 2.23. The van der Waals surface area contributed by atoms with Gasteiger partial charge in [0, 0.05) is 26.2 Å². The van der Waals surface area contributed by atoms with Crippen LogP contribution in [0.3, 0.4) is 0 Å². The summed E-state index contributed by atoms with van der Waals surface area (Å²) in [6.45, 7) is 5.74. The predicted molar refractivity (Wildman–Crippen MR) is 68.7 cm³/mol. The molecule has 18 heavy (non-hydrogen) atoms. The molecule has 1 fully saturated rings. The van der Waals surface area contributed by atoms with Crippen molar-refractivity contribution >= 4 is 5.97 Å².